The largest absolute Gasteiger partial charge is 0.490 e. The molecular weight excluding hydrogens is 346 g/mol. The smallest absolute Gasteiger partial charge is 0.161 e. The third-order valence-electron chi connectivity index (χ3n) is 4.59. The molecule has 0 aliphatic carbocycles. The van der Waals surface area contributed by atoms with Crippen LogP contribution < -0.4 is 14.8 Å². The van der Waals surface area contributed by atoms with Gasteiger partial charge in [-0.3, -0.25) is 0 Å². The second kappa shape index (κ2) is 10.5. The van der Waals surface area contributed by atoms with Gasteiger partial charge in [-0.1, -0.05) is 66.2 Å². The van der Waals surface area contributed by atoms with Crippen molar-refractivity contribution in [2.24, 2.45) is 0 Å². The summed E-state index contributed by atoms with van der Waals surface area (Å²) in [5.41, 5.74) is 4.95. The Morgan fingerprint density at radius 3 is 2.25 bits per heavy atom. The normalized spacial score (nSPS) is 10.6. The van der Waals surface area contributed by atoms with E-state index in [9.17, 15) is 0 Å². The standard InChI is InChI=1S/C25H29NO2/c1-3-27-25-17-23(18-26-16-15-21-7-5-4-6-8-21)13-14-24(25)28-19-22-11-9-20(2)10-12-22/h4-14,17,26H,3,15-16,18-19H2,1-2H3. The van der Waals surface area contributed by atoms with Gasteiger partial charge >= 0.3 is 0 Å². The van der Waals surface area contributed by atoms with E-state index >= 15 is 0 Å². The molecule has 28 heavy (non-hydrogen) atoms. The molecule has 0 aliphatic heterocycles. The topological polar surface area (TPSA) is 30.5 Å². The highest BCUT2D eigenvalue weighted by Gasteiger charge is 2.07. The Balaban J connectivity index is 1.54. The maximum absolute atomic E-state index is 6.01. The highest BCUT2D eigenvalue weighted by Crippen LogP contribution is 2.29. The molecule has 0 fully saturated rings. The lowest BCUT2D eigenvalue weighted by Gasteiger charge is -2.14. The summed E-state index contributed by atoms with van der Waals surface area (Å²) >= 11 is 0. The van der Waals surface area contributed by atoms with Crippen molar-refractivity contribution in [1.29, 1.82) is 0 Å². The fourth-order valence-corrected chi connectivity index (χ4v) is 3.01. The van der Waals surface area contributed by atoms with Gasteiger partial charge in [0.2, 0.25) is 0 Å². The summed E-state index contributed by atoms with van der Waals surface area (Å²) in [5, 5.41) is 3.51. The van der Waals surface area contributed by atoms with E-state index in [1.165, 1.54) is 16.7 Å². The molecule has 0 amide bonds. The van der Waals surface area contributed by atoms with Crippen LogP contribution >= 0.6 is 0 Å². The van der Waals surface area contributed by atoms with Gasteiger partial charge in [0.05, 0.1) is 6.61 Å². The first kappa shape index (κ1) is 20.0. The van der Waals surface area contributed by atoms with Gasteiger partial charge in [-0.15, -0.1) is 0 Å². The summed E-state index contributed by atoms with van der Waals surface area (Å²) in [6, 6.07) is 25.1. The molecule has 0 saturated carbocycles. The summed E-state index contributed by atoms with van der Waals surface area (Å²) in [6.07, 6.45) is 1.02. The van der Waals surface area contributed by atoms with Crippen LogP contribution in [0.4, 0.5) is 0 Å². The Morgan fingerprint density at radius 2 is 1.50 bits per heavy atom. The van der Waals surface area contributed by atoms with Crippen LogP contribution in [-0.4, -0.2) is 13.2 Å². The molecule has 0 aromatic heterocycles. The Bertz CT molecular complexity index is 844. The van der Waals surface area contributed by atoms with E-state index < -0.39 is 0 Å². The third kappa shape index (κ3) is 6.14. The molecule has 0 spiro atoms. The Hall–Kier alpha value is -2.78. The van der Waals surface area contributed by atoms with Crippen molar-refractivity contribution < 1.29 is 9.47 Å². The molecule has 3 rings (SSSR count). The number of ether oxygens (including phenoxy) is 2. The van der Waals surface area contributed by atoms with Gasteiger partial charge < -0.3 is 14.8 Å². The maximum atomic E-state index is 6.01. The van der Waals surface area contributed by atoms with E-state index in [-0.39, 0.29) is 0 Å². The van der Waals surface area contributed by atoms with Gasteiger partial charge in [0, 0.05) is 6.54 Å². The van der Waals surface area contributed by atoms with Gasteiger partial charge in [-0.2, -0.15) is 0 Å². The predicted molar refractivity (Wildman–Crippen MR) is 115 cm³/mol. The van der Waals surface area contributed by atoms with E-state index in [4.69, 9.17) is 9.47 Å². The number of hydrogen-bond acceptors (Lipinski definition) is 3. The summed E-state index contributed by atoms with van der Waals surface area (Å²) in [5.74, 6) is 1.59. The number of nitrogens with one attached hydrogen (secondary N) is 1. The van der Waals surface area contributed by atoms with Gasteiger partial charge in [-0.05, 0) is 55.6 Å². The first-order chi connectivity index (χ1) is 13.7. The fraction of sp³-hybridized carbons (Fsp3) is 0.280. The Kier molecular flexibility index (Phi) is 7.51. The lowest BCUT2D eigenvalue weighted by molar-refractivity contribution is 0.269. The second-order valence-corrected chi connectivity index (χ2v) is 6.90. The van der Waals surface area contributed by atoms with E-state index in [1.54, 1.807) is 0 Å². The van der Waals surface area contributed by atoms with Crippen LogP contribution in [0.1, 0.15) is 29.2 Å². The molecular formula is C25H29NO2. The SMILES string of the molecule is CCOc1cc(CNCCc2ccccc2)ccc1OCc1ccc(C)cc1. The predicted octanol–water partition coefficient (Wildman–Crippen LogP) is 5.31. The van der Waals surface area contributed by atoms with E-state index in [0.717, 1.165) is 36.6 Å². The summed E-state index contributed by atoms with van der Waals surface area (Å²) < 4.78 is 11.8. The third-order valence-corrected chi connectivity index (χ3v) is 4.59. The maximum Gasteiger partial charge on any atom is 0.161 e. The van der Waals surface area contributed by atoms with Crippen LogP contribution in [0.15, 0.2) is 72.8 Å². The minimum Gasteiger partial charge on any atom is -0.490 e. The molecule has 0 aliphatic rings. The van der Waals surface area contributed by atoms with Crippen molar-refractivity contribution in [2.75, 3.05) is 13.2 Å². The van der Waals surface area contributed by atoms with Crippen LogP contribution in [0.5, 0.6) is 11.5 Å². The van der Waals surface area contributed by atoms with E-state index in [0.29, 0.717) is 13.2 Å². The molecule has 1 N–H and O–H groups in total. The summed E-state index contributed by atoms with van der Waals surface area (Å²) in [6.45, 7) is 6.99. The minimum atomic E-state index is 0.537. The lowest BCUT2D eigenvalue weighted by Crippen LogP contribution is -2.16. The molecule has 0 heterocycles. The van der Waals surface area contributed by atoms with Gasteiger partial charge in [0.15, 0.2) is 11.5 Å². The molecule has 3 aromatic carbocycles. The minimum absolute atomic E-state index is 0.537. The van der Waals surface area contributed by atoms with Crippen LogP contribution in [0, 0.1) is 6.92 Å². The number of rotatable bonds is 10. The van der Waals surface area contributed by atoms with Crippen molar-refractivity contribution in [1.82, 2.24) is 5.32 Å². The van der Waals surface area contributed by atoms with Crippen LogP contribution in [0.25, 0.3) is 0 Å². The molecule has 0 bridgehead atoms. The average molecular weight is 376 g/mol. The molecule has 0 unspecified atom stereocenters. The average Bonchev–Trinajstić information content (AvgIpc) is 2.73. The highest BCUT2D eigenvalue weighted by molar-refractivity contribution is 5.43. The van der Waals surface area contributed by atoms with Crippen LogP contribution in [0.2, 0.25) is 0 Å². The molecule has 0 atom stereocenters. The number of aryl methyl sites for hydroxylation is 1. The first-order valence-electron chi connectivity index (χ1n) is 9.93. The lowest BCUT2D eigenvalue weighted by atomic mass is 10.1. The summed E-state index contributed by atoms with van der Waals surface area (Å²) in [7, 11) is 0. The van der Waals surface area contributed by atoms with E-state index in [2.05, 4.69) is 79.0 Å². The zero-order chi connectivity index (χ0) is 19.6. The quantitative estimate of drug-likeness (QED) is 0.488. The van der Waals surface area contributed by atoms with Crippen LogP contribution in [-0.2, 0) is 19.6 Å². The van der Waals surface area contributed by atoms with Gasteiger partial charge in [0.25, 0.3) is 0 Å². The fourth-order valence-electron chi connectivity index (χ4n) is 3.01. The van der Waals surface area contributed by atoms with Gasteiger partial charge in [-0.25, -0.2) is 0 Å². The molecule has 3 heteroatoms. The van der Waals surface area contributed by atoms with Crippen molar-refractivity contribution >= 4 is 0 Å². The molecule has 3 aromatic rings. The molecule has 3 nitrogen and oxygen atoms in total. The Morgan fingerprint density at radius 1 is 0.750 bits per heavy atom. The first-order valence-corrected chi connectivity index (χ1v) is 9.93. The summed E-state index contributed by atoms with van der Waals surface area (Å²) in [4.78, 5) is 0. The molecule has 0 radical (unpaired) electrons. The molecule has 0 saturated heterocycles. The number of benzene rings is 3. The number of hydrogen-bond donors (Lipinski definition) is 1. The van der Waals surface area contributed by atoms with Gasteiger partial charge in [0.1, 0.15) is 6.61 Å². The van der Waals surface area contributed by atoms with Crippen LogP contribution in [0.3, 0.4) is 0 Å². The van der Waals surface area contributed by atoms with Crippen molar-refractivity contribution in [3.8, 4) is 11.5 Å². The highest BCUT2D eigenvalue weighted by atomic mass is 16.5. The monoisotopic (exact) mass is 375 g/mol. The van der Waals surface area contributed by atoms with Crippen molar-refractivity contribution in [3.63, 3.8) is 0 Å². The van der Waals surface area contributed by atoms with Crippen molar-refractivity contribution in [3.05, 3.63) is 95.1 Å². The van der Waals surface area contributed by atoms with Crippen molar-refractivity contribution in [2.45, 2.75) is 33.4 Å². The molecule has 146 valence electrons. The van der Waals surface area contributed by atoms with E-state index in [1.807, 2.05) is 13.0 Å². The Labute approximate surface area is 168 Å². The zero-order valence-electron chi connectivity index (χ0n) is 16.8. The zero-order valence-corrected chi connectivity index (χ0v) is 16.8. The second-order valence-electron chi connectivity index (χ2n) is 6.90.